The smallest absolute Gasteiger partial charge is 0.270 e. The molecule has 0 saturated carbocycles. The van der Waals surface area contributed by atoms with Crippen LogP contribution in [0.2, 0.25) is 5.02 Å². The molecule has 1 N–H and O–H groups in total. The Hall–Kier alpha value is -3.44. The van der Waals surface area contributed by atoms with Gasteiger partial charge in [-0.05, 0) is 42.5 Å². The Bertz CT molecular complexity index is 1090. The van der Waals surface area contributed by atoms with Crippen LogP contribution in [0.4, 0.5) is 0 Å². The Morgan fingerprint density at radius 2 is 1.72 bits per heavy atom. The Balaban J connectivity index is 1.60. The van der Waals surface area contributed by atoms with E-state index in [2.05, 4.69) is 15.4 Å². The van der Waals surface area contributed by atoms with Crippen LogP contribution in [0.25, 0.3) is 16.9 Å². The van der Waals surface area contributed by atoms with E-state index >= 15 is 0 Å². The van der Waals surface area contributed by atoms with Gasteiger partial charge in [-0.1, -0.05) is 48.0 Å². The van der Waals surface area contributed by atoms with Crippen molar-refractivity contribution in [3.8, 4) is 16.9 Å². The summed E-state index contributed by atoms with van der Waals surface area (Å²) in [6.45, 7) is 0.492. The van der Waals surface area contributed by atoms with Crippen molar-refractivity contribution >= 4 is 17.5 Å². The molecule has 2 aromatic heterocycles. The number of amides is 1. The van der Waals surface area contributed by atoms with Crippen molar-refractivity contribution in [1.29, 1.82) is 0 Å². The van der Waals surface area contributed by atoms with Crippen molar-refractivity contribution < 1.29 is 4.79 Å². The first kappa shape index (κ1) is 18.9. The molecule has 0 spiro atoms. The molecule has 0 aliphatic heterocycles. The topological polar surface area (TPSA) is 59.8 Å². The molecule has 0 fully saturated rings. The first-order valence-electron chi connectivity index (χ1n) is 9.30. The van der Waals surface area contributed by atoms with Gasteiger partial charge >= 0.3 is 0 Å². The summed E-state index contributed by atoms with van der Waals surface area (Å²) >= 11 is 5.99. The maximum Gasteiger partial charge on any atom is 0.270 e. The molecule has 0 unspecified atom stereocenters. The molecule has 29 heavy (non-hydrogen) atoms. The van der Waals surface area contributed by atoms with E-state index in [-0.39, 0.29) is 5.91 Å². The molecule has 0 saturated heterocycles. The standard InChI is InChI=1S/C23H19ClN4O/c24-18-11-9-17(10-12-18)21-16-22(28(27-21)20-7-2-1-3-8-20)23(29)26-15-13-19-6-4-5-14-25-19/h1-12,14,16H,13,15H2,(H,26,29). The van der Waals surface area contributed by atoms with Crippen molar-refractivity contribution in [2.45, 2.75) is 6.42 Å². The van der Waals surface area contributed by atoms with Gasteiger partial charge in [0.25, 0.3) is 5.91 Å². The molecular weight excluding hydrogens is 384 g/mol. The van der Waals surface area contributed by atoms with Crippen LogP contribution in [0.5, 0.6) is 0 Å². The third-order valence-electron chi connectivity index (χ3n) is 4.48. The molecule has 6 heteroatoms. The number of carbonyl (C=O) groups excluding carboxylic acids is 1. The van der Waals surface area contributed by atoms with Crippen molar-refractivity contribution in [2.75, 3.05) is 6.54 Å². The van der Waals surface area contributed by atoms with Gasteiger partial charge in [0.05, 0.1) is 11.4 Å². The lowest BCUT2D eigenvalue weighted by molar-refractivity contribution is 0.0946. The number of pyridine rings is 1. The second-order valence-electron chi connectivity index (χ2n) is 6.50. The zero-order chi connectivity index (χ0) is 20.1. The average molecular weight is 403 g/mol. The van der Waals surface area contributed by atoms with Crippen molar-refractivity contribution in [1.82, 2.24) is 20.1 Å². The van der Waals surface area contributed by atoms with E-state index in [9.17, 15) is 4.79 Å². The highest BCUT2D eigenvalue weighted by molar-refractivity contribution is 6.30. The molecule has 2 aromatic carbocycles. The van der Waals surface area contributed by atoms with Crippen molar-refractivity contribution in [3.63, 3.8) is 0 Å². The fourth-order valence-electron chi connectivity index (χ4n) is 3.01. The number of para-hydroxylation sites is 1. The Labute approximate surface area is 174 Å². The predicted molar refractivity (Wildman–Crippen MR) is 114 cm³/mol. The normalized spacial score (nSPS) is 10.7. The summed E-state index contributed by atoms with van der Waals surface area (Å²) in [5, 5.41) is 8.29. The lowest BCUT2D eigenvalue weighted by atomic mass is 10.1. The number of hydrogen-bond acceptors (Lipinski definition) is 3. The lowest BCUT2D eigenvalue weighted by Crippen LogP contribution is -2.28. The minimum Gasteiger partial charge on any atom is -0.350 e. The molecule has 2 heterocycles. The van der Waals surface area contributed by atoms with Gasteiger partial charge in [-0.3, -0.25) is 9.78 Å². The number of benzene rings is 2. The number of carbonyl (C=O) groups is 1. The molecule has 5 nitrogen and oxygen atoms in total. The molecule has 0 radical (unpaired) electrons. The Morgan fingerprint density at radius 3 is 2.45 bits per heavy atom. The van der Waals surface area contributed by atoms with Crippen molar-refractivity contribution in [2.24, 2.45) is 0 Å². The van der Waals surface area contributed by atoms with Gasteiger partial charge in [0.1, 0.15) is 5.69 Å². The summed E-state index contributed by atoms with van der Waals surface area (Å²) in [6.07, 6.45) is 2.41. The van der Waals surface area contributed by atoms with E-state index in [1.165, 1.54) is 0 Å². The van der Waals surface area contributed by atoms with Gasteiger partial charge in [-0.15, -0.1) is 0 Å². The average Bonchev–Trinajstić information content (AvgIpc) is 3.21. The largest absolute Gasteiger partial charge is 0.350 e. The molecular formula is C23H19ClN4O. The molecule has 1 amide bonds. The van der Waals surface area contributed by atoms with E-state index in [1.807, 2.05) is 72.8 Å². The molecule has 0 atom stereocenters. The second kappa shape index (κ2) is 8.71. The van der Waals surface area contributed by atoms with Crippen LogP contribution in [-0.4, -0.2) is 27.2 Å². The maximum atomic E-state index is 12.9. The summed E-state index contributed by atoms with van der Waals surface area (Å²) in [5.74, 6) is -0.183. The van der Waals surface area contributed by atoms with Crippen LogP contribution < -0.4 is 5.32 Å². The summed E-state index contributed by atoms with van der Waals surface area (Å²) in [4.78, 5) is 17.2. The molecule has 4 rings (SSSR count). The number of halogens is 1. The summed E-state index contributed by atoms with van der Waals surface area (Å²) in [5.41, 5.74) is 3.84. The van der Waals surface area contributed by atoms with Gasteiger partial charge < -0.3 is 5.32 Å². The molecule has 0 bridgehead atoms. The molecule has 0 aliphatic carbocycles. The minimum absolute atomic E-state index is 0.183. The highest BCUT2D eigenvalue weighted by atomic mass is 35.5. The van der Waals surface area contributed by atoms with Crippen LogP contribution in [0.1, 0.15) is 16.2 Å². The second-order valence-corrected chi connectivity index (χ2v) is 6.93. The summed E-state index contributed by atoms with van der Waals surface area (Å²) < 4.78 is 1.67. The molecule has 0 aliphatic rings. The molecule has 144 valence electrons. The van der Waals surface area contributed by atoms with Gasteiger partial charge in [-0.25, -0.2) is 4.68 Å². The zero-order valence-electron chi connectivity index (χ0n) is 15.6. The Morgan fingerprint density at radius 1 is 0.966 bits per heavy atom. The van der Waals surface area contributed by atoms with Gasteiger partial charge in [0.15, 0.2) is 0 Å². The zero-order valence-corrected chi connectivity index (χ0v) is 16.4. The number of nitrogens with one attached hydrogen (secondary N) is 1. The van der Waals surface area contributed by atoms with Crippen LogP contribution in [-0.2, 0) is 6.42 Å². The van der Waals surface area contributed by atoms with E-state index in [1.54, 1.807) is 16.9 Å². The lowest BCUT2D eigenvalue weighted by Gasteiger charge is -2.08. The SMILES string of the molecule is O=C(NCCc1ccccn1)c1cc(-c2ccc(Cl)cc2)nn1-c1ccccc1. The minimum atomic E-state index is -0.183. The number of hydrogen-bond donors (Lipinski definition) is 1. The maximum absolute atomic E-state index is 12.9. The van der Waals surface area contributed by atoms with E-state index in [0.29, 0.717) is 29.4 Å². The first-order valence-corrected chi connectivity index (χ1v) is 9.68. The Kier molecular flexibility index (Phi) is 5.68. The van der Waals surface area contributed by atoms with Crippen molar-refractivity contribution in [3.05, 3.63) is 101 Å². The fraction of sp³-hybridized carbons (Fsp3) is 0.0870. The van der Waals surface area contributed by atoms with Gasteiger partial charge in [0, 0.05) is 35.4 Å². The monoisotopic (exact) mass is 402 g/mol. The number of aromatic nitrogens is 3. The fourth-order valence-corrected chi connectivity index (χ4v) is 3.14. The quantitative estimate of drug-likeness (QED) is 0.514. The molecule has 4 aromatic rings. The number of nitrogens with zero attached hydrogens (tertiary/aromatic N) is 3. The van der Waals surface area contributed by atoms with Gasteiger partial charge in [-0.2, -0.15) is 5.10 Å². The van der Waals surface area contributed by atoms with E-state index in [0.717, 1.165) is 16.9 Å². The highest BCUT2D eigenvalue weighted by Crippen LogP contribution is 2.23. The van der Waals surface area contributed by atoms with E-state index in [4.69, 9.17) is 11.6 Å². The van der Waals surface area contributed by atoms with Crippen LogP contribution >= 0.6 is 11.6 Å². The highest BCUT2D eigenvalue weighted by Gasteiger charge is 2.17. The van der Waals surface area contributed by atoms with Crippen LogP contribution in [0.3, 0.4) is 0 Å². The first-order chi connectivity index (χ1) is 14.2. The van der Waals surface area contributed by atoms with Crippen LogP contribution in [0.15, 0.2) is 85.1 Å². The van der Waals surface area contributed by atoms with Crippen LogP contribution in [0, 0.1) is 0 Å². The summed E-state index contributed by atoms with van der Waals surface area (Å²) in [6, 6.07) is 24.6. The van der Waals surface area contributed by atoms with E-state index < -0.39 is 0 Å². The predicted octanol–water partition coefficient (Wildman–Crippen LogP) is 4.56. The van der Waals surface area contributed by atoms with Gasteiger partial charge in [0.2, 0.25) is 0 Å². The number of rotatable bonds is 6. The third-order valence-corrected chi connectivity index (χ3v) is 4.73. The summed E-state index contributed by atoms with van der Waals surface area (Å²) in [7, 11) is 0. The third kappa shape index (κ3) is 4.52.